The van der Waals surface area contributed by atoms with E-state index in [1.165, 1.54) is 27.8 Å². The second kappa shape index (κ2) is 10.5. The van der Waals surface area contributed by atoms with E-state index in [0.29, 0.717) is 29.5 Å². The largest absolute Gasteiger partial charge is 0.467 e. The summed E-state index contributed by atoms with van der Waals surface area (Å²) in [7, 11) is -3.62. The van der Waals surface area contributed by atoms with Crippen molar-refractivity contribution in [3.05, 3.63) is 78.3 Å². The molecule has 0 fully saturated rings. The predicted molar refractivity (Wildman–Crippen MR) is 135 cm³/mol. The van der Waals surface area contributed by atoms with Crippen LogP contribution in [0.4, 0.5) is 5.13 Å². The van der Waals surface area contributed by atoms with Gasteiger partial charge in [-0.15, -0.1) is 0 Å². The first-order valence-electron chi connectivity index (χ1n) is 11.2. The van der Waals surface area contributed by atoms with E-state index in [4.69, 9.17) is 4.42 Å². The van der Waals surface area contributed by atoms with Crippen LogP contribution in [-0.2, 0) is 16.6 Å². The standard InChI is InChI=1S/C25H27N3O4S2/c1-3-15-27(16-4-2)34(30,31)21-13-11-19(12-14-21)24(29)28(18-20-8-7-17-32-20)25-26-22-9-5-6-10-23(22)33-25/h5-14,17H,3-4,15-16,18H2,1-2H3. The lowest BCUT2D eigenvalue weighted by Crippen LogP contribution is -2.33. The van der Waals surface area contributed by atoms with Crippen LogP contribution in [0.5, 0.6) is 0 Å². The summed E-state index contributed by atoms with van der Waals surface area (Å²) in [5.41, 5.74) is 1.19. The van der Waals surface area contributed by atoms with E-state index in [0.717, 1.165) is 23.1 Å². The summed E-state index contributed by atoms with van der Waals surface area (Å²) in [4.78, 5) is 19.9. The van der Waals surface area contributed by atoms with E-state index in [9.17, 15) is 13.2 Å². The zero-order valence-electron chi connectivity index (χ0n) is 19.2. The number of thiazole rings is 1. The lowest BCUT2D eigenvalue weighted by Gasteiger charge is -2.21. The molecule has 0 aliphatic rings. The quantitative estimate of drug-likeness (QED) is 0.287. The molecule has 0 unspecified atom stereocenters. The van der Waals surface area contributed by atoms with Gasteiger partial charge in [0, 0.05) is 18.7 Å². The molecule has 0 aliphatic heterocycles. The van der Waals surface area contributed by atoms with Crippen LogP contribution < -0.4 is 4.90 Å². The number of furan rings is 1. The van der Waals surface area contributed by atoms with Gasteiger partial charge in [0.2, 0.25) is 10.0 Å². The third-order valence-electron chi connectivity index (χ3n) is 5.34. The molecule has 0 bridgehead atoms. The normalized spacial score (nSPS) is 11.9. The molecule has 4 rings (SSSR count). The van der Waals surface area contributed by atoms with E-state index < -0.39 is 10.0 Å². The van der Waals surface area contributed by atoms with E-state index in [-0.39, 0.29) is 17.3 Å². The number of para-hydroxylation sites is 1. The van der Waals surface area contributed by atoms with Gasteiger partial charge in [0.25, 0.3) is 5.91 Å². The Morgan fingerprint density at radius 3 is 2.29 bits per heavy atom. The fourth-order valence-electron chi connectivity index (χ4n) is 3.69. The number of aromatic nitrogens is 1. The van der Waals surface area contributed by atoms with Gasteiger partial charge in [0.15, 0.2) is 5.13 Å². The lowest BCUT2D eigenvalue weighted by atomic mass is 10.2. The molecule has 0 N–H and O–H groups in total. The topological polar surface area (TPSA) is 83.7 Å². The predicted octanol–water partition coefficient (Wildman–Crippen LogP) is 5.55. The number of hydrogen-bond acceptors (Lipinski definition) is 6. The number of hydrogen-bond donors (Lipinski definition) is 0. The Morgan fingerprint density at radius 2 is 1.68 bits per heavy atom. The number of amides is 1. The van der Waals surface area contributed by atoms with Gasteiger partial charge >= 0.3 is 0 Å². The number of nitrogens with zero attached hydrogens (tertiary/aromatic N) is 3. The highest BCUT2D eigenvalue weighted by atomic mass is 32.2. The summed E-state index contributed by atoms with van der Waals surface area (Å²) in [5.74, 6) is 0.347. The number of anilines is 1. The third-order valence-corrected chi connectivity index (χ3v) is 8.31. The van der Waals surface area contributed by atoms with Crippen LogP contribution in [0.2, 0.25) is 0 Å². The highest BCUT2D eigenvalue weighted by Crippen LogP contribution is 2.31. The second-order valence-electron chi connectivity index (χ2n) is 7.86. The van der Waals surface area contributed by atoms with Gasteiger partial charge in [-0.05, 0) is 61.4 Å². The van der Waals surface area contributed by atoms with Crippen molar-refractivity contribution in [3.8, 4) is 0 Å². The minimum absolute atomic E-state index is 0.184. The zero-order valence-corrected chi connectivity index (χ0v) is 20.8. The molecular weight excluding hydrogens is 470 g/mol. The van der Waals surface area contributed by atoms with Crippen LogP contribution in [0.1, 0.15) is 42.8 Å². The van der Waals surface area contributed by atoms with E-state index >= 15 is 0 Å². The van der Waals surface area contributed by atoms with Gasteiger partial charge in [-0.3, -0.25) is 9.69 Å². The van der Waals surface area contributed by atoms with Crippen molar-refractivity contribution in [1.29, 1.82) is 0 Å². The van der Waals surface area contributed by atoms with Gasteiger partial charge in [-0.1, -0.05) is 37.3 Å². The first kappa shape index (κ1) is 24.1. The lowest BCUT2D eigenvalue weighted by molar-refractivity contribution is 0.0983. The van der Waals surface area contributed by atoms with E-state index in [1.807, 2.05) is 38.1 Å². The molecular formula is C25H27N3O4S2. The molecule has 0 aliphatic carbocycles. The molecule has 34 heavy (non-hydrogen) atoms. The van der Waals surface area contributed by atoms with Crippen molar-refractivity contribution in [1.82, 2.24) is 9.29 Å². The Bertz CT molecular complexity index is 1310. The third kappa shape index (κ3) is 5.06. The van der Waals surface area contributed by atoms with Crippen molar-refractivity contribution in [2.45, 2.75) is 38.1 Å². The average Bonchev–Trinajstić information content (AvgIpc) is 3.51. The van der Waals surface area contributed by atoms with Crippen molar-refractivity contribution in [2.24, 2.45) is 0 Å². The molecule has 0 radical (unpaired) electrons. The number of carbonyl (C=O) groups excluding carboxylic acids is 1. The molecule has 9 heteroatoms. The van der Waals surface area contributed by atoms with Crippen molar-refractivity contribution in [2.75, 3.05) is 18.0 Å². The Hall–Kier alpha value is -3.01. The Morgan fingerprint density at radius 1 is 0.971 bits per heavy atom. The van der Waals surface area contributed by atoms with Crippen molar-refractivity contribution < 1.29 is 17.6 Å². The molecule has 178 valence electrons. The average molecular weight is 498 g/mol. The minimum Gasteiger partial charge on any atom is -0.467 e. The molecule has 2 heterocycles. The van der Waals surface area contributed by atoms with Crippen LogP contribution in [-0.4, -0.2) is 36.7 Å². The Kier molecular flexibility index (Phi) is 7.45. The molecule has 0 saturated heterocycles. The Labute approximate surface area is 203 Å². The number of benzene rings is 2. The van der Waals surface area contributed by atoms with Crippen LogP contribution in [0, 0.1) is 0 Å². The number of sulfonamides is 1. The van der Waals surface area contributed by atoms with Gasteiger partial charge in [0.05, 0.1) is 27.9 Å². The SMILES string of the molecule is CCCN(CCC)S(=O)(=O)c1ccc(C(=O)N(Cc2ccco2)c2nc3ccccc3s2)cc1. The summed E-state index contributed by atoms with van der Waals surface area (Å²) in [5, 5.41) is 0.552. The first-order valence-corrected chi connectivity index (χ1v) is 13.5. The van der Waals surface area contributed by atoms with Crippen LogP contribution >= 0.6 is 11.3 Å². The molecule has 7 nitrogen and oxygen atoms in total. The molecule has 4 aromatic rings. The summed E-state index contributed by atoms with van der Waals surface area (Å²) >= 11 is 1.42. The summed E-state index contributed by atoms with van der Waals surface area (Å²) in [6.07, 6.45) is 3.04. The van der Waals surface area contributed by atoms with E-state index in [2.05, 4.69) is 4.98 Å². The fraction of sp³-hybridized carbons (Fsp3) is 0.280. The number of rotatable bonds is 10. The Balaban J connectivity index is 1.65. The molecule has 1 amide bonds. The smallest absolute Gasteiger partial charge is 0.260 e. The highest BCUT2D eigenvalue weighted by Gasteiger charge is 2.26. The summed E-state index contributed by atoms with van der Waals surface area (Å²) < 4.78 is 34.1. The molecule has 2 aromatic heterocycles. The van der Waals surface area contributed by atoms with Gasteiger partial charge < -0.3 is 4.42 Å². The van der Waals surface area contributed by atoms with Gasteiger partial charge in [0.1, 0.15) is 5.76 Å². The minimum atomic E-state index is -3.62. The fourth-order valence-corrected chi connectivity index (χ4v) is 6.27. The van der Waals surface area contributed by atoms with Crippen molar-refractivity contribution in [3.63, 3.8) is 0 Å². The zero-order chi connectivity index (χ0) is 24.1. The van der Waals surface area contributed by atoms with Crippen LogP contribution in [0.25, 0.3) is 10.2 Å². The van der Waals surface area contributed by atoms with Crippen LogP contribution in [0.15, 0.2) is 76.2 Å². The number of fused-ring (bicyclic) bond motifs is 1. The highest BCUT2D eigenvalue weighted by molar-refractivity contribution is 7.89. The first-order chi connectivity index (χ1) is 16.4. The molecule has 0 atom stereocenters. The molecule has 0 saturated carbocycles. The van der Waals surface area contributed by atoms with Gasteiger partial charge in [-0.25, -0.2) is 13.4 Å². The summed E-state index contributed by atoms with van der Waals surface area (Å²) in [6, 6.07) is 17.4. The number of carbonyl (C=O) groups is 1. The second-order valence-corrected chi connectivity index (χ2v) is 10.8. The maximum Gasteiger partial charge on any atom is 0.260 e. The maximum atomic E-state index is 13.5. The molecule has 0 spiro atoms. The van der Waals surface area contributed by atoms with Gasteiger partial charge in [-0.2, -0.15) is 4.31 Å². The van der Waals surface area contributed by atoms with Crippen LogP contribution in [0.3, 0.4) is 0 Å². The molecule has 2 aromatic carbocycles. The summed E-state index contributed by atoms with van der Waals surface area (Å²) in [6.45, 7) is 5.05. The van der Waals surface area contributed by atoms with E-state index in [1.54, 1.807) is 35.4 Å². The van der Waals surface area contributed by atoms with Crippen molar-refractivity contribution >= 4 is 42.6 Å². The monoisotopic (exact) mass is 497 g/mol. The maximum absolute atomic E-state index is 13.5.